The molecule has 0 aliphatic carbocycles. The molecule has 2 aromatic carbocycles. The van der Waals surface area contributed by atoms with E-state index in [1.54, 1.807) is 18.2 Å². The van der Waals surface area contributed by atoms with Crippen molar-refractivity contribution in [2.75, 3.05) is 26.2 Å². The molecule has 6 nitrogen and oxygen atoms in total. The molecule has 1 saturated heterocycles. The Kier molecular flexibility index (Phi) is 9.04. The standard InChI is InChI=1S/C24H30Cl2N2O4S/c1-17(2)20-7-3-4-8-23(20)32-13-11-27-24(29)19-6-5-12-28(15-19)33(30,31)16-18-9-10-21(25)22(26)14-18/h3-4,7-10,14,17,19H,5-6,11-13,15-16H2,1-2H3,(H,27,29)/t19-/m0/s1. The van der Waals surface area contributed by atoms with Gasteiger partial charge < -0.3 is 10.1 Å². The van der Waals surface area contributed by atoms with Crippen LogP contribution in [-0.4, -0.2) is 44.9 Å². The third-order valence-corrected chi connectivity index (χ3v) is 8.24. The second-order valence-electron chi connectivity index (χ2n) is 8.53. The van der Waals surface area contributed by atoms with Crippen LogP contribution in [0.1, 0.15) is 43.7 Å². The molecule has 1 amide bonds. The summed E-state index contributed by atoms with van der Waals surface area (Å²) in [6.45, 7) is 5.50. The van der Waals surface area contributed by atoms with E-state index in [2.05, 4.69) is 19.2 Å². The van der Waals surface area contributed by atoms with Crippen LogP contribution in [0, 0.1) is 5.92 Å². The first-order valence-corrected chi connectivity index (χ1v) is 13.4. The van der Waals surface area contributed by atoms with Gasteiger partial charge in [-0.3, -0.25) is 4.79 Å². The number of benzene rings is 2. The van der Waals surface area contributed by atoms with Gasteiger partial charge in [-0.05, 0) is 48.1 Å². The summed E-state index contributed by atoms with van der Waals surface area (Å²) in [6, 6.07) is 12.7. The molecule has 1 aliphatic rings. The van der Waals surface area contributed by atoms with Crippen LogP contribution in [0.15, 0.2) is 42.5 Å². The van der Waals surface area contributed by atoms with Gasteiger partial charge in [-0.25, -0.2) is 12.7 Å². The molecule has 0 bridgehead atoms. The molecule has 0 saturated carbocycles. The van der Waals surface area contributed by atoms with Crippen molar-refractivity contribution in [3.05, 3.63) is 63.6 Å². The van der Waals surface area contributed by atoms with Crippen molar-refractivity contribution in [1.82, 2.24) is 9.62 Å². The van der Waals surface area contributed by atoms with Gasteiger partial charge >= 0.3 is 0 Å². The predicted molar refractivity (Wildman–Crippen MR) is 132 cm³/mol. The highest BCUT2D eigenvalue weighted by molar-refractivity contribution is 7.88. The van der Waals surface area contributed by atoms with E-state index in [4.69, 9.17) is 27.9 Å². The zero-order valence-corrected chi connectivity index (χ0v) is 21.2. The molecule has 33 heavy (non-hydrogen) atoms. The Morgan fingerprint density at radius 2 is 1.94 bits per heavy atom. The summed E-state index contributed by atoms with van der Waals surface area (Å²) < 4.78 is 33.1. The monoisotopic (exact) mass is 512 g/mol. The first-order valence-electron chi connectivity index (χ1n) is 11.1. The number of piperidine rings is 1. The van der Waals surface area contributed by atoms with Gasteiger partial charge in [0.1, 0.15) is 12.4 Å². The minimum Gasteiger partial charge on any atom is -0.491 e. The van der Waals surface area contributed by atoms with E-state index >= 15 is 0 Å². The van der Waals surface area contributed by atoms with Gasteiger partial charge in [0.25, 0.3) is 0 Å². The summed E-state index contributed by atoms with van der Waals surface area (Å²) >= 11 is 11.9. The maximum Gasteiger partial charge on any atom is 0.224 e. The summed E-state index contributed by atoms with van der Waals surface area (Å²) in [7, 11) is -3.58. The van der Waals surface area contributed by atoms with Crippen molar-refractivity contribution in [2.45, 2.75) is 38.4 Å². The molecule has 0 spiro atoms. The van der Waals surface area contributed by atoms with Crippen LogP contribution in [0.3, 0.4) is 0 Å². The maximum absolute atomic E-state index is 12.9. The Hall–Kier alpha value is -1.80. The number of para-hydroxylation sites is 1. The average molecular weight is 513 g/mol. The van der Waals surface area contributed by atoms with Gasteiger partial charge in [0.15, 0.2) is 0 Å². The number of carbonyl (C=O) groups excluding carboxylic acids is 1. The molecule has 9 heteroatoms. The largest absolute Gasteiger partial charge is 0.491 e. The molecule has 1 atom stereocenters. The van der Waals surface area contributed by atoms with Gasteiger partial charge in [-0.1, -0.05) is 61.3 Å². The molecule has 1 aliphatic heterocycles. The summed E-state index contributed by atoms with van der Waals surface area (Å²) in [5.41, 5.74) is 1.69. The Morgan fingerprint density at radius 1 is 1.18 bits per heavy atom. The summed E-state index contributed by atoms with van der Waals surface area (Å²) in [4.78, 5) is 12.7. The number of sulfonamides is 1. The lowest BCUT2D eigenvalue weighted by Gasteiger charge is -2.31. The van der Waals surface area contributed by atoms with E-state index < -0.39 is 10.0 Å². The number of halogens is 2. The van der Waals surface area contributed by atoms with Crippen molar-refractivity contribution in [3.8, 4) is 5.75 Å². The Bertz CT molecular complexity index is 1080. The lowest BCUT2D eigenvalue weighted by atomic mass is 9.99. The molecule has 3 rings (SSSR count). The highest BCUT2D eigenvalue weighted by atomic mass is 35.5. The molecule has 0 aromatic heterocycles. The quantitative estimate of drug-likeness (QED) is 0.487. The lowest BCUT2D eigenvalue weighted by molar-refractivity contribution is -0.126. The molecular weight excluding hydrogens is 483 g/mol. The Balaban J connectivity index is 1.51. The summed E-state index contributed by atoms with van der Waals surface area (Å²) in [5.74, 6) is 0.450. The van der Waals surface area contributed by atoms with Crippen LogP contribution in [0.2, 0.25) is 10.0 Å². The predicted octanol–water partition coefficient (Wildman–Crippen LogP) is 4.85. The Morgan fingerprint density at radius 3 is 2.67 bits per heavy atom. The fraction of sp³-hybridized carbons (Fsp3) is 0.458. The van der Waals surface area contributed by atoms with Crippen molar-refractivity contribution in [3.63, 3.8) is 0 Å². The highest BCUT2D eigenvalue weighted by Gasteiger charge is 2.32. The van der Waals surface area contributed by atoms with Crippen molar-refractivity contribution in [1.29, 1.82) is 0 Å². The summed E-state index contributed by atoms with van der Waals surface area (Å²) in [5, 5.41) is 3.59. The van der Waals surface area contributed by atoms with Crippen molar-refractivity contribution >= 4 is 39.1 Å². The number of nitrogens with one attached hydrogen (secondary N) is 1. The Labute approximate surface area is 206 Å². The van der Waals surface area contributed by atoms with E-state index in [1.165, 1.54) is 4.31 Å². The minimum absolute atomic E-state index is 0.148. The molecule has 1 fully saturated rings. The van der Waals surface area contributed by atoms with Crippen LogP contribution in [0.25, 0.3) is 0 Å². The minimum atomic E-state index is -3.58. The van der Waals surface area contributed by atoms with Gasteiger partial charge in [0, 0.05) is 13.1 Å². The molecule has 0 unspecified atom stereocenters. The molecular formula is C24H30Cl2N2O4S. The number of nitrogens with zero attached hydrogens (tertiary/aromatic N) is 1. The molecule has 180 valence electrons. The van der Waals surface area contributed by atoms with Gasteiger partial charge in [-0.15, -0.1) is 0 Å². The number of carbonyl (C=O) groups is 1. The SMILES string of the molecule is CC(C)c1ccccc1OCCNC(=O)[C@H]1CCCN(S(=O)(=O)Cc2ccc(Cl)c(Cl)c2)C1. The molecule has 0 radical (unpaired) electrons. The molecule has 2 aromatic rings. The van der Waals surface area contributed by atoms with E-state index in [1.807, 2.05) is 24.3 Å². The number of rotatable bonds is 9. The van der Waals surface area contributed by atoms with Crippen LogP contribution in [0.5, 0.6) is 5.75 Å². The van der Waals surface area contributed by atoms with E-state index in [-0.39, 0.29) is 24.1 Å². The highest BCUT2D eigenvalue weighted by Crippen LogP contribution is 2.27. The number of ether oxygens (including phenoxy) is 1. The zero-order chi connectivity index (χ0) is 24.0. The summed E-state index contributed by atoms with van der Waals surface area (Å²) in [6.07, 6.45) is 1.29. The second kappa shape index (κ2) is 11.6. The third-order valence-electron chi connectivity index (χ3n) is 5.68. The lowest BCUT2D eigenvalue weighted by Crippen LogP contribution is -2.46. The van der Waals surface area contributed by atoms with Crippen molar-refractivity contribution < 1.29 is 17.9 Å². The fourth-order valence-corrected chi connectivity index (χ4v) is 5.83. The van der Waals surface area contributed by atoms with E-state index in [0.29, 0.717) is 54.1 Å². The van der Waals surface area contributed by atoms with E-state index in [0.717, 1.165) is 11.3 Å². The van der Waals surface area contributed by atoms with Gasteiger partial charge in [-0.2, -0.15) is 0 Å². The number of amides is 1. The molecule has 1 N–H and O–H groups in total. The van der Waals surface area contributed by atoms with Crippen LogP contribution < -0.4 is 10.1 Å². The van der Waals surface area contributed by atoms with Gasteiger partial charge in [0.2, 0.25) is 15.9 Å². The number of hydrogen-bond donors (Lipinski definition) is 1. The van der Waals surface area contributed by atoms with Crippen molar-refractivity contribution in [2.24, 2.45) is 5.92 Å². The third kappa shape index (κ3) is 7.09. The van der Waals surface area contributed by atoms with E-state index in [9.17, 15) is 13.2 Å². The number of hydrogen-bond acceptors (Lipinski definition) is 4. The normalized spacial score (nSPS) is 17.2. The maximum atomic E-state index is 12.9. The average Bonchev–Trinajstić information content (AvgIpc) is 2.79. The van der Waals surface area contributed by atoms with Crippen LogP contribution in [-0.2, 0) is 20.6 Å². The topological polar surface area (TPSA) is 75.7 Å². The van der Waals surface area contributed by atoms with Gasteiger partial charge in [0.05, 0.1) is 28.3 Å². The zero-order valence-electron chi connectivity index (χ0n) is 18.9. The first kappa shape index (κ1) is 25.8. The second-order valence-corrected chi connectivity index (χ2v) is 11.3. The van der Waals surface area contributed by atoms with Crippen LogP contribution in [0.4, 0.5) is 0 Å². The molecule has 1 heterocycles. The van der Waals surface area contributed by atoms with Crippen LogP contribution >= 0.6 is 23.2 Å². The fourth-order valence-electron chi connectivity index (χ4n) is 3.91. The first-order chi connectivity index (χ1) is 15.7. The smallest absolute Gasteiger partial charge is 0.224 e.